The Morgan fingerprint density at radius 1 is 1.43 bits per heavy atom. The molecule has 1 amide bonds. The maximum Gasteiger partial charge on any atom is 0.254 e. The van der Waals surface area contributed by atoms with Crippen molar-refractivity contribution in [3.8, 4) is 0 Å². The van der Waals surface area contributed by atoms with Crippen LogP contribution in [-0.2, 0) is 0 Å². The number of hydrogen-bond acceptors (Lipinski definition) is 2. The lowest BCUT2D eigenvalue weighted by Crippen LogP contribution is -2.22. The minimum Gasteiger partial charge on any atom is -0.398 e. The van der Waals surface area contributed by atoms with Crippen LogP contribution >= 0.6 is 0 Å². The minimum absolute atomic E-state index is 0.162. The van der Waals surface area contributed by atoms with Gasteiger partial charge in [-0.1, -0.05) is 6.07 Å². The lowest BCUT2D eigenvalue weighted by molar-refractivity contribution is 0.0776. The lowest BCUT2D eigenvalue weighted by atomic mass is 10.0. The molecular weight excluding hydrogens is 176 g/mol. The molecule has 0 radical (unpaired) electrons. The van der Waals surface area contributed by atoms with E-state index in [0.29, 0.717) is 0 Å². The molecule has 0 bridgehead atoms. The quantitative estimate of drug-likeness (QED) is 0.628. The van der Waals surface area contributed by atoms with E-state index in [1.807, 2.05) is 23.1 Å². The van der Waals surface area contributed by atoms with Crippen LogP contribution < -0.4 is 5.73 Å². The molecule has 0 saturated carbocycles. The summed E-state index contributed by atoms with van der Waals surface area (Å²) in [5, 5.41) is 0. The van der Waals surface area contributed by atoms with E-state index in [4.69, 9.17) is 5.73 Å². The van der Waals surface area contributed by atoms with Gasteiger partial charge in [0.05, 0.1) is 6.04 Å². The van der Waals surface area contributed by atoms with Crippen molar-refractivity contribution >= 4 is 11.6 Å². The first-order valence-corrected chi connectivity index (χ1v) is 4.98. The molecule has 3 rings (SSSR count). The molecule has 0 aromatic heterocycles. The van der Waals surface area contributed by atoms with E-state index in [2.05, 4.69) is 0 Å². The topological polar surface area (TPSA) is 46.3 Å². The van der Waals surface area contributed by atoms with Crippen molar-refractivity contribution in [1.29, 1.82) is 0 Å². The van der Waals surface area contributed by atoms with Crippen LogP contribution in [-0.4, -0.2) is 17.4 Å². The van der Waals surface area contributed by atoms with Crippen molar-refractivity contribution in [2.24, 2.45) is 0 Å². The summed E-state index contributed by atoms with van der Waals surface area (Å²) in [4.78, 5) is 13.8. The van der Waals surface area contributed by atoms with E-state index in [1.54, 1.807) is 0 Å². The Labute approximate surface area is 82.5 Å². The third kappa shape index (κ3) is 0.794. The molecule has 72 valence electrons. The molecule has 2 heterocycles. The van der Waals surface area contributed by atoms with E-state index in [9.17, 15) is 4.79 Å². The molecular formula is C11H12N2O. The predicted molar refractivity (Wildman–Crippen MR) is 53.9 cm³/mol. The second-order valence-electron chi connectivity index (χ2n) is 3.97. The molecule has 1 atom stereocenters. The number of amides is 1. The molecule has 0 unspecified atom stereocenters. The van der Waals surface area contributed by atoms with Gasteiger partial charge < -0.3 is 10.6 Å². The Balaban J connectivity index is 2.23. The van der Waals surface area contributed by atoms with Crippen LogP contribution in [0, 0.1) is 0 Å². The van der Waals surface area contributed by atoms with E-state index in [-0.39, 0.29) is 11.9 Å². The second-order valence-corrected chi connectivity index (χ2v) is 3.97. The molecule has 1 aromatic rings. The Morgan fingerprint density at radius 2 is 2.29 bits per heavy atom. The number of hydrogen-bond donors (Lipinski definition) is 1. The Morgan fingerprint density at radius 3 is 3.14 bits per heavy atom. The number of fused-ring (bicyclic) bond motifs is 3. The number of nitrogens with two attached hydrogens (primary N) is 1. The zero-order valence-electron chi connectivity index (χ0n) is 7.86. The van der Waals surface area contributed by atoms with Gasteiger partial charge in [-0.3, -0.25) is 4.79 Å². The Kier molecular flexibility index (Phi) is 1.40. The van der Waals surface area contributed by atoms with Crippen LogP contribution in [0.5, 0.6) is 0 Å². The first kappa shape index (κ1) is 7.85. The van der Waals surface area contributed by atoms with Gasteiger partial charge in [0.25, 0.3) is 5.91 Å². The largest absolute Gasteiger partial charge is 0.398 e. The van der Waals surface area contributed by atoms with Crippen LogP contribution in [0.25, 0.3) is 0 Å². The predicted octanol–water partition coefficient (Wildman–Crippen LogP) is 1.56. The van der Waals surface area contributed by atoms with Crippen LogP contribution in [0.2, 0.25) is 0 Å². The van der Waals surface area contributed by atoms with Crippen LogP contribution in [0.1, 0.15) is 34.8 Å². The minimum atomic E-state index is 0.162. The number of anilines is 1. The molecule has 3 heteroatoms. The first-order chi connectivity index (χ1) is 6.79. The zero-order valence-corrected chi connectivity index (χ0v) is 7.86. The van der Waals surface area contributed by atoms with Crippen molar-refractivity contribution in [3.05, 3.63) is 29.3 Å². The number of benzene rings is 1. The second kappa shape index (κ2) is 2.50. The highest BCUT2D eigenvalue weighted by molar-refractivity contribution is 6.01. The molecule has 1 fully saturated rings. The van der Waals surface area contributed by atoms with Gasteiger partial charge in [0.15, 0.2) is 0 Å². The van der Waals surface area contributed by atoms with Crippen molar-refractivity contribution < 1.29 is 4.79 Å². The average Bonchev–Trinajstić information content (AvgIpc) is 2.72. The fourth-order valence-corrected chi connectivity index (χ4v) is 2.61. The SMILES string of the molecule is Nc1cccc2c1[C@H]1CCCN1C2=O. The number of nitrogens with zero attached hydrogens (tertiary/aromatic N) is 1. The summed E-state index contributed by atoms with van der Waals surface area (Å²) >= 11 is 0. The van der Waals surface area contributed by atoms with Gasteiger partial charge in [-0.05, 0) is 25.0 Å². The number of nitrogen functional groups attached to an aromatic ring is 1. The number of rotatable bonds is 0. The summed E-state index contributed by atoms with van der Waals surface area (Å²) in [5.74, 6) is 0.162. The fraction of sp³-hybridized carbons (Fsp3) is 0.364. The fourth-order valence-electron chi connectivity index (χ4n) is 2.61. The summed E-state index contributed by atoms with van der Waals surface area (Å²) in [6.45, 7) is 0.887. The highest BCUT2D eigenvalue weighted by Crippen LogP contribution is 2.43. The normalized spacial score (nSPS) is 23.9. The molecule has 2 aliphatic rings. The van der Waals surface area contributed by atoms with E-state index in [0.717, 1.165) is 36.2 Å². The maximum absolute atomic E-state index is 11.9. The zero-order chi connectivity index (χ0) is 9.71. The van der Waals surface area contributed by atoms with Gasteiger partial charge in [0.1, 0.15) is 0 Å². The average molecular weight is 188 g/mol. The third-order valence-corrected chi connectivity index (χ3v) is 3.22. The van der Waals surface area contributed by atoms with E-state index < -0.39 is 0 Å². The summed E-state index contributed by atoms with van der Waals surface area (Å²) in [7, 11) is 0. The van der Waals surface area contributed by atoms with Gasteiger partial charge in [0, 0.05) is 23.4 Å². The highest BCUT2D eigenvalue weighted by Gasteiger charge is 2.40. The number of carbonyl (C=O) groups is 1. The van der Waals surface area contributed by atoms with Crippen LogP contribution in [0.3, 0.4) is 0 Å². The van der Waals surface area contributed by atoms with Gasteiger partial charge in [0.2, 0.25) is 0 Å². The molecule has 2 N–H and O–H groups in total. The smallest absolute Gasteiger partial charge is 0.254 e. The van der Waals surface area contributed by atoms with Crippen molar-refractivity contribution in [3.63, 3.8) is 0 Å². The number of carbonyl (C=O) groups excluding carboxylic acids is 1. The molecule has 2 aliphatic heterocycles. The van der Waals surface area contributed by atoms with E-state index in [1.165, 1.54) is 0 Å². The first-order valence-electron chi connectivity index (χ1n) is 4.98. The van der Waals surface area contributed by atoms with Crippen molar-refractivity contribution in [2.75, 3.05) is 12.3 Å². The maximum atomic E-state index is 11.9. The molecule has 0 aliphatic carbocycles. The van der Waals surface area contributed by atoms with Gasteiger partial charge >= 0.3 is 0 Å². The molecule has 14 heavy (non-hydrogen) atoms. The van der Waals surface area contributed by atoms with Gasteiger partial charge in [-0.15, -0.1) is 0 Å². The molecule has 1 aromatic carbocycles. The summed E-state index contributed by atoms with van der Waals surface area (Å²) in [6, 6.07) is 5.88. The monoisotopic (exact) mass is 188 g/mol. The van der Waals surface area contributed by atoms with Crippen molar-refractivity contribution in [1.82, 2.24) is 4.90 Å². The molecule has 0 spiro atoms. The Hall–Kier alpha value is -1.51. The summed E-state index contributed by atoms with van der Waals surface area (Å²) in [6.07, 6.45) is 2.16. The Bertz CT molecular complexity index is 414. The van der Waals surface area contributed by atoms with Gasteiger partial charge in [-0.2, -0.15) is 0 Å². The third-order valence-electron chi connectivity index (χ3n) is 3.22. The molecule has 3 nitrogen and oxygen atoms in total. The van der Waals surface area contributed by atoms with E-state index >= 15 is 0 Å². The van der Waals surface area contributed by atoms with Crippen molar-refractivity contribution in [2.45, 2.75) is 18.9 Å². The van der Waals surface area contributed by atoms with Crippen LogP contribution in [0.15, 0.2) is 18.2 Å². The summed E-state index contributed by atoms with van der Waals surface area (Å²) < 4.78 is 0. The van der Waals surface area contributed by atoms with Crippen LogP contribution in [0.4, 0.5) is 5.69 Å². The highest BCUT2D eigenvalue weighted by atomic mass is 16.2. The standard InChI is InChI=1S/C11H12N2O/c12-8-4-1-3-7-10(8)9-5-2-6-13(9)11(7)14/h1,3-4,9H,2,5-6,12H2/t9-/m1/s1. The summed E-state index contributed by atoms with van der Waals surface area (Å²) in [5.41, 5.74) is 8.56. The lowest BCUT2D eigenvalue weighted by Gasteiger charge is -2.15. The van der Waals surface area contributed by atoms with Gasteiger partial charge in [-0.25, -0.2) is 0 Å². The molecule has 1 saturated heterocycles.